The van der Waals surface area contributed by atoms with Gasteiger partial charge in [0.1, 0.15) is 0 Å². The second-order valence-electron chi connectivity index (χ2n) is 11.0. The summed E-state index contributed by atoms with van der Waals surface area (Å²) >= 11 is 0. The first kappa shape index (κ1) is 21.8. The number of hydrogen-bond donors (Lipinski definition) is 1. The molecule has 1 aromatic heterocycles. The van der Waals surface area contributed by atoms with Gasteiger partial charge in [-0.25, -0.2) is 0 Å². The number of likely N-dealkylation sites (tertiary alicyclic amines) is 1. The van der Waals surface area contributed by atoms with Gasteiger partial charge in [0.05, 0.1) is 18.6 Å². The number of nitrogens with zero attached hydrogens (tertiary/aromatic N) is 4. The summed E-state index contributed by atoms with van der Waals surface area (Å²) in [5.74, 6) is -0.265. The van der Waals surface area contributed by atoms with Gasteiger partial charge < -0.3 is 5.11 Å². The largest absolute Gasteiger partial charge is 0.493 e. The number of hydrogen-bond acceptors (Lipinski definition) is 4. The Balaban J connectivity index is 1.42. The lowest BCUT2D eigenvalue weighted by Gasteiger charge is -2.40. The zero-order valence-electron chi connectivity index (χ0n) is 19.7. The third-order valence-electron chi connectivity index (χ3n) is 7.22. The number of aromatic nitrogens is 1. The monoisotopic (exact) mass is 444 g/mol. The quantitative estimate of drug-likeness (QED) is 0.486. The molecule has 1 aliphatic carbocycles. The Kier molecular flexibility index (Phi) is 5.36. The molecule has 172 valence electrons. The van der Waals surface area contributed by atoms with E-state index in [0.717, 1.165) is 23.0 Å². The van der Waals surface area contributed by atoms with Gasteiger partial charge in [0.15, 0.2) is 5.69 Å². The number of amides is 1. The lowest BCUT2D eigenvalue weighted by molar-refractivity contribution is -0.117. The summed E-state index contributed by atoms with van der Waals surface area (Å²) in [5.41, 5.74) is 2.82. The minimum Gasteiger partial charge on any atom is -0.493 e. The van der Waals surface area contributed by atoms with Crippen LogP contribution in [0.15, 0.2) is 64.8 Å². The molecule has 2 heterocycles. The molecule has 1 unspecified atom stereocenters. The SMILES string of the molecule is CC1(C)CC2C[C@@](C)(CN2Cn2c(O)c(N=NC(=O)Cc3ccccc3)c3ccccc32)C1. The number of carbonyl (C=O) groups is 1. The molecule has 1 saturated carbocycles. The smallest absolute Gasteiger partial charge is 0.269 e. The predicted molar refractivity (Wildman–Crippen MR) is 130 cm³/mol. The maximum atomic E-state index is 12.4. The molecule has 2 aliphatic rings. The van der Waals surface area contributed by atoms with Crippen molar-refractivity contribution in [3.8, 4) is 5.88 Å². The number of azo groups is 1. The van der Waals surface area contributed by atoms with Crippen molar-refractivity contribution in [1.29, 1.82) is 0 Å². The fourth-order valence-electron chi connectivity index (χ4n) is 6.35. The molecule has 2 fully saturated rings. The summed E-state index contributed by atoms with van der Waals surface area (Å²) in [7, 11) is 0. The highest BCUT2D eigenvalue weighted by molar-refractivity contribution is 5.95. The van der Waals surface area contributed by atoms with Gasteiger partial charge in [-0.05, 0) is 41.7 Å². The molecule has 0 spiro atoms. The van der Waals surface area contributed by atoms with Crippen LogP contribution < -0.4 is 0 Å². The normalized spacial score (nSPS) is 24.6. The fourth-order valence-corrected chi connectivity index (χ4v) is 6.35. The zero-order chi connectivity index (χ0) is 23.2. The first-order valence-electron chi connectivity index (χ1n) is 11.8. The lowest BCUT2D eigenvalue weighted by Crippen LogP contribution is -2.35. The van der Waals surface area contributed by atoms with Gasteiger partial charge in [0.25, 0.3) is 5.91 Å². The molecule has 1 N–H and O–H groups in total. The minimum absolute atomic E-state index is 0.0679. The highest BCUT2D eigenvalue weighted by atomic mass is 16.3. The van der Waals surface area contributed by atoms with E-state index in [-0.39, 0.29) is 18.2 Å². The molecular weight excluding hydrogens is 412 g/mol. The van der Waals surface area contributed by atoms with E-state index in [0.29, 0.717) is 29.2 Å². The number of benzene rings is 2. The molecule has 0 radical (unpaired) electrons. The zero-order valence-corrected chi connectivity index (χ0v) is 19.7. The van der Waals surface area contributed by atoms with Crippen LogP contribution in [-0.2, 0) is 17.9 Å². The second-order valence-corrected chi connectivity index (χ2v) is 11.0. The first-order chi connectivity index (χ1) is 15.7. The molecule has 6 heteroatoms. The van der Waals surface area contributed by atoms with Crippen LogP contribution in [0.1, 0.15) is 45.6 Å². The fraction of sp³-hybridized carbons (Fsp3) is 0.444. The van der Waals surface area contributed by atoms with Crippen LogP contribution in [0.2, 0.25) is 0 Å². The van der Waals surface area contributed by atoms with Crippen molar-refractivity contribution >= 4 is 22.5 Å². The van der Waals surface area contributed by atoms with Crippen molar-refractivity contribution in [3.63, 3.8) is 0 Å². The average Bonchev–Trinajstić information content (AvgIpc) is 3.16. The Morgan fingerprint density at radius 3 is 2.58 bits per heavy atom. The van der Waals surface area contributed by atoms with Crippen LogP contribution in [-0.4, -0.2) is 33.1 Å². The van der Waals surface area contributed by atoms with Gasteiger partial charge in [-0.15, -0.1) is 10.2 Å². The Labute approximate surface area is 194 Å². The molecule has 5 rings (SSSR count). The van der Waals surface area contributed by atoms with E-state index in [4.69, 9.17) is 0 Å². The average molecular weight is 445 g/mol. The third kappa shape index (κ3) is 4.32. The van der Waals surface area contributed by atoms with Crippen LogP contribution in [0, 0.1) is 10.8 Å². The Morgan fingerprint density at radius 2 is 1.79 bits per heavy atom. The topological polar surface area (TPSA) is 70.2 Å². The van der Waals surface area contributed by atoms with E-state index in [9.17, 15) is 9.90 Å². The van der Waals surface area contributed by atoms with Crippen LogP contribution in [0.4, 0.5) is 5.69 Å². The molecule has 33 heavy (non-hydrogen) atoms. The summed E-state index contributed by atoms with van der Waals surface area (Å²) in [4.78, 5) is 14.9. The van der Waals surface area contributed by atoms with E-state index in [2.05, 4.69) is 35.9 Å². The van der Waals surface area contributed by atoms with E-state index in [1.54, 1.807) is 0 Å². The van der Waals surface area contributed by atoms with Gasteiger partial charge in [-0.3, -0.25) is 14.3 Å². The third-order valence-corrected chi connectivity index (χ3v) is 7.22. The maximum absolute atomic E-state index is 12.4. The highest BCUT2D eigenvalue weighted by Crippen LogP contribution is 2.53. The van der Waals surface area contributed by atoms with E-state index < -0.39 is 0 Å². The van der Waals surface area contributed by atoms with Gasteiger partial charge in [-0.2, -0.15) is 0 Å². The maximum Gasteiger partial charge on any atom is 0.269 e. The molecule has 1 amide bonds. The van der Waals surface area contributed by atoms with Crippen molar-refractivity contribution in [3.05, 3.63) is 60.2 Å². The molecular formula is C27H32N4O2. The summed E-state index contributed by atoms with van der Waals surface area (Å²) in [5, 5.41) is 20.1. The number of fused-ring (bicyclic) bond motifs is 3. The number of aromatic hydroxyl groups is 1. The van der Waals surface area contributed by atoms with Crippen molar-refractivity contribution in [2.45, 2.75) is 59.2 Å². The van der Waals surface area contributed by atoms with E-state index >= 15 is 0 Å². The van der Waals surface area contributed by atoms with Gasteiger partial charge >= 0.3 is 0 Å². The van der Waals surface area contributed by atoms with Crippen molar-refractivity contribution in [1.82, 2.24) is 9.47 Å². The van der Waals surface area contributed by atoms with Crippen LogP contribution in [0.5, 0.6) is 5.88 Å². The Bertz CT molecular complexity index is 1210. The number of carbonyl (C=O) groups excluding carboxylic acids is 1. The summed E-state index contributed by atoms with van der Waals surface area (Å²) in [6.07, 6.45) is 3.79. The Hall–Kier alpha value is -2.99. The summed E-state index contributed by atoms with van der Waals surface area (Å²) < 4.78 is 1.92. The first-order valence-corrected chi connectivity index (χ1v) is 11.8. The van der Waals surface area contributed by atoms with Gasteiger partial charge in [0.2, 0.25) is 5.88 Å². The minimum atomic E-state index is -0.332. The molecule has 2 bridgehead atoms. The molecule has 6 nitrogen and oxygen atoms in total. The van der Waals surface area contributed by atoms with Gasteiger partial charge in [-0.1, -0.05) is 69.3 Å². The molecule has 2 atom stereocenters. The van der Waals surface area contributed by atoms with Crippen molar-refractivity contribution in [2.75, 3.05) is 6.54 Å². The predicted octanol–water partition coefficient (Wildman–Crippen LogP) is 6.06. The lowest BCUT2D eigenvalue weighted by atomic mass is 9.65. The summed E-state index contributed by atoms with van der Waals surface area (Å²) in [6.45, 7) is 8.77. The van der Waals surface area contributed by atoms with Crippen molar-refractivity contribution < 1.29 is 9.90 Å². The number of rotatable bonds is 5. The van der Waals surface area contributed by atoms with Crippen molar-refractivity contribution in [2.24, 2.45) is 21.1 Å². The highest BCUT2D eigenvalue weighted by Gasteiger charge is 2.49. The standard InChI is InChI=1S/C27H32N4O2/c1-26(2)14-20-15-27(3,16-26)17-30(20)18-31-22-12-8-7-11-21(22)24(25(31)33)29-28-23(32)13-19-9-5-4-6-10-19/h4-12,20,33H,13-18H2,1-3H3/t20?,27-/m1/s1. The summed E-state index contributed by atoms with van der Waals surface area (Å²) in [6, 6.07) is 17.8. The molecule has 1 saturated heterocycles. The van der Waals surface area contributed by atoms with Crippen LogP contribution >= 0.6 is 0 Å². The number of para-hydroxylation sites is 1. The van der Waals surface area contributed by atoms with E-state index in [1.807, 2.05) is 59.2 Å². The molecule has 2 aromatic carbocycles. The Morgan fingerprint density at radius 1 is 1.06 bits per heavy atom. The van der Waals surface area contributed by atoms with E-state index in [1.165, 1.54) is 19.3 Å². The molecule has 1 aliphatic heterocycles. The second kappa shape index (κ2) is 8.10. The van der Waals surface area contributed by atoms with Crippen LogP contribution in [0.3, 0.4) is 0 Å². The van der Waals surface area contributed by atoms with Gasteiger partial charge in [0, 0.05) is 18.0 Å². The van der Waals surface area contributed by atoms with Crippen LogP contribution in [0.25, 0.3) is 10.9 Å². The molecule has 3 aromatic rings.